The molecule has 0 spiro atoms. The number of rotatable bonds is 6. The molecule has 1 aliphatic rings. The van der Waals surface area contributed by atoms with Crippen molar-refractivity contribution >= 4 is 0 Å². The quantitative estimate of drug-likeness (QED) is 0.768. The topological polar surface area (TPSA) is 50.7 Å². The number of hydrogen-bond acceptors (Lipinski definition) is 4. The van der Waals surface area contributed by atoms with E-state index in [1.165, 1.54) is 19.2 Å². The van der Waals surface area contributed by atoms with Gasteiger partial charge >= 0.3 is 6.18 Å². The summed E-state index contributed by atoms with van der Waals surface area (Å²) in [7, 11) is 1.48. The van der Waals surface area contributed by atoms with E-state index in [4.69, 9.17) is 9.47 Å². The molecule has 28 heavy (non-hydrogen) atoms. The van der Waals surface area contributed by atoms with Crippen molar-refractivity contribution in [2.24, 2.45) is 0 Å². The minimum absolute atomic E-state index is 0.0560. The zero-order valence-electron chi connectivity index (χ0n) is 15.7. The van der Waals surface area contributed by atoms with E-state index in [1.54, 1.807) is 18.2 Å². The van der Waals surface area contributed by atoms with E-state index < -0.39 is 17.2 Å². The molecule has 0 amide bonds. The number of methoxy groups -OCH3 is 1. The molecule has 0 atom stereocenters. The second-order valence-corrected chi connectivity index (χ2v) is 7.08. The number of aromatic hydroxyl groups is 1. The fourth-order valence-corrected chi connectivity index (χ4v) is 3.65. The van der Waals surface area contributed by atoms with Crippen molar-refractivity contribution in [2.45, 2.75) is 31.0 Å². The van der Waals surface area contributed by atoms with E-state index in [2.05, 4.69) is 5.32 Å². The molecular weight excluding hydrogens is 371 g/mol. The Morgan fingerprint density at radius 2 is 1.89 bits per heavy atom. The molecule has 1 aliphatic heterocycles. The molecule has 0 bridgehead atoms. The van der Waals surface area contributed by atoms with Crippen molar-refractivity contribution in [1.82, 2.24) is 5.32 Å². The summed E-state index contributed by atoms with van der Waals surface area (Å²) in [5.41, 5.74) is 0.491. The minimum atomic E-state index is -4.36. The third-order valence-electron chi connectivity index (χ3n) is 5.29. The first-order valence-corrected chi connectivity index (χ1v) is 9.16. The standard InChI is InChI=1S/C21H24F3NO3/c1-27-19-6-5-15(11-18(19)26)13-25-14-20(7-9-28-10-8-20)16-3-2-4-17(12-16)21(22,23)24/h2-6,11-12,25-26H,7-10,13-14H2,1H3. The van der Waals surface area contributed by atoms with E-state index in [0.717, 1.165) is 11.6 Å². The van der Waals surface area contributed by atoms with E-state index in [0.29, 0.717) is 50.5 Å². The predicted octanol–water partition coefficient (Wildman–Crippen LogP) is 4.26. The van der Waals surface area contributed by atoms with Gasteiger partial charge in [0.1, 0.15) is 0 Å². The van der Waals surface area contributed by atoms with Gasteiger partial charge in [-0.25, -0.2) is 0 Å². The Hall–Kier alpha value is -2.25. The van der Waals surface area contributed by atoms with Crippen LogP contribution in [0.2, 0.25) is 0 Å². The van der Waals surface area contributed by atoms with Crippen molar-refractivity contribution < 1.29 is 27.8 Å². The number of phenols is 1. The fraction of sp³-hybridized carbons (Fsp3) is 0.429. The van der Waals surface area contributed by atoms with E-state index in [-0.39, 0.29) is 5.75 Å². The summed E-state index contributed by atoms with van der Waals surface area (Å²) in [4.78, 5) is 0. The van der Waals surface area contributed by atoms with Crippen LogP contribution < -0.4 is 10.1 Å². The lowest BCUT2D eigenvalue weighted by molar-refractivity contribution is -0.137. The number of phenolic OH excluding ortho intramolecular Hbond substituents is 1. The van der Waals surface area contributed by atoms with Crippen LogP contribution in [0.1, 0.15) is 29.5 Å². The minimum Gasteiger partial charge on any atom is -0.504 e. The Kier molecular flexibility index (Phi) is 6.15. The molecule has 2 aromatic rings. The van der Waals surface area contributed by atoms with Crippen LogP contribution in [0.5, 0.6) is 11.5 Å². The van der Waals surface area contributed by atoms with Gasteiger partial charge in [-0.15, -0.1) is 0 Å². The predicted molar refractivity (Wildman–Crippen MR) is 99.5 cm³/mol. The maximum absolute atomic E-state index is 13.2. The van der Waals surface area contributed by atoms with Gasteiger partial charge in [0.15, 0.2) is 11.5 Å². The van der Waals surface area contributed by atoms with Crippen LogP contribution in [0, 0.1) is 0 Å². The van der Waals surface area contributed by atoms with Crippen LogP contribution >= 0.6 is 0 Å². The number of ether oxygens (including phenoxy) is 2. The normalized spacial score (nSPS) is 16.7. The van der Waals surface area contributed by atoms with Crippen LogP contribution in [-0.4, -0.2) is 32.0 Å². The summed E-state index contributed by atoms with van der Waals surface area (Å²) in [6.07, 6.45) is -3.07. The van der Waals surface area contributed by atoms with Gasteiger partial charge < -0.3 is 19.9 Å². The lowest BCUT2D eigenvalue weighted by Crippen LogP contribution is -2.42. The van der Waals surface area contributed by atoms with E-state index >= 15 is 0 Å². The van der Waals surface area contributed by atoms with Gasteiger partial charge in [-0.3, -0.25) is 0 Å². The summed E-state index contributed by atoms with van der Waals surface area (Å²) in [5, 5.41) is 13.2. The Labute approximate surface area is 162 Å². The Bertz CT molecular complexity index is 802. The molecule has 4 nitrogen and oxygen atoms in total. The van der Waals surface area contributed by atoms with Crippen molar-refractivity contribution in [3.8, 4) is 11.5 Å². The second kappa shape index (κ2) is 8.41. The lowest BCUT2D eigenvalue weighted by Gasteiger charge is -2.38. The molecule has 152 valence electrons. The third kappa shape index (κ3) is 4.59. The third-order valence-corrected chi connectivity index (χ3v) is 5.29. The number of benzene rings is 2. The average molecular weight is 395 g/mol. The van der Waals surface area contributed by atoms with Gasteiger partial charge in [-0.2, -0.15) is 13.2 Å². The van der Waals surface area contributed by atoms with Crippen molar-refractivity contribution in [3.05, 3.63) is 59.2 Å². The van der Waals surface area contributed by atoms with Gasteiger partial charge in [0.05, 0.1) is 12.7 Å². The van der Waals surface area contributed by atoms with Gasteiger partial charge in [-0.1, -0.05) is 24.3 Å². The number of hydrogen-bond donors (Lipinski definition) is 2. The molecule has 3 rings (SSSR count). The van der Waals surface area contributed by atoms with Crippen molar-refractivity contribution in [2.75, 3.05) is 26.9 Å². The van der Waals surface area contributed by atoms with Gasteiger partial charge in [0.25, 0.3) is 0 Å². The highest BCUT2D eigenvalue weighted by molar-refractivity contribution is 5.41. The first-order valence-electron chi connectivity index (χ1n) is 9.16. The first-order chi connectivity index (χ1) is 13.3. The molecule has 7 heteroatoms. The zero-order chi connectivity index (χ0) is 20.2. The van der Waals surface area contributed by atoms with Crippen LogP contribution in [0.25, 0.3) is 0 Å². The van der Waals surface area contributed by atoms with Crippen LogP contribution in [0.4, 0.5) is 13.2 Å². The number of alkyl halides is 3. The Morgan fingerprint density at radius 1 is 1.14 bits per heavy atom. The number of nitrogens with one attached hydrogen (secondary N) is 1. The molecule has 0 saturated carbocycles. The van der Waals surface area contributed by atoms with Crippen LogP contribution in [-0.2, 0) is 22.9 Å². The highest BCUT2D eigenvalue weighted by Gasteiger charge is 2.37. The molecule has 1 fully saturated rings. The molecule has 1 heterocycles. The Balaban J connectivity index is 1.76. The second-order valence-electron chi connectivity index (χ2n) is 7.08. The highest BCUT2D eigenvalue weighted by atomic mass is 19.4. The molecule has 2 aromatic carbocycles. The van der Waals surface area contributed by atoms with E-state index in [9.17, 15) is 18.3 Å². The van der Waals surface area contributed by atoms with E-state index in [1.807, 2.05) is 6.07 Å². The average Bonchev–Trinajstić information content (AvgIpc) is 2.68. The largest absolute Gasteiger partial charge is 0.504 e. The molecule has 0 aliphatic carbocycles. The number of halogens is 3. The summed E-state index contributed by atoms with van der Waals surface area (Å²) >= 11 is 0. The highest BCUT2D eigenvalue weighted by Crippen LogP contribution is 2.38. The fourth-order valence-electron chi connectivity index (χ4n) is 3.65. The van der Waals surface area contributed by atoms with Crippen molar-refractivity contribution in [1.29, 1.82) is 0 Å². The Morgan fingerprint density at radius 3 is 2.54 bits per heavy atom. The van der Waals surface area contributed by atoms with Crippen LogP contribution in [0.3, 0.4) is 0 Å². The van der Waals surface area contributed by atoms with Gasteiger partial charge in [-0.05, 0) is 42.2 Å². The van der Waals surface area contributed by atoms with Crippen LogP contribution in [0.15, 0.2) is 42.5 Å². The van der Waals surface area contributed by atoms with Crippen molar-refractivity contribution in [3.63, 3.8) is 0 Å². The maximum atomic E-state index is 13.2. The monoisotopic (exact) mass is 395 g/mol. The first kappa shape index (κ1) is 20.5. The summed E-state index contributed by atoms with van der Waals surface area (Å²) in [6, 6.07) is 10.7. The smallest absolute Gasteiger partial charge is 0.416 e. The molecule has 2 N–H and O–H groups in total. The summed E-state index contributed by atoms with van der Waals surface area (Å²) < 4.78 is 50.0. The van der Waals surface area contributed by atoms with Gasteiger partial charge in [0.2, 0.25) is 0 Å². The molecule has 0 unspecified atom stereocenters. The maximum Gasteiger partial charge on any atom is 0.416 e. The molecular formula is C21H24F3NO3. The summed E-state index contributed by atoms with van der Waals surface area (Å²) in [5.74, 6) is 0.453. The SMILES string of the molecule is COc1ccc(CNCC2(c3cccc(C(F)(F)F)c3)CCOCC2)cc1O. The molecule has 1 saturated heterocycles. The lowest BCUT2D eigenvalue weighted by atomic mass is 9.73. The molecule has 0 aromatic heterocycles. The zero-order valence-corrected chi connectivity index (χ0v) is 15.7. The molecule has 0 radical (unpaired) electrons. The van der Waals surface area contributed by atoms with Gasteiger partial charge in [0, 0.05) is 31.7 Å². The summed E-state index contributed by atoms with van der Waals surface area (Å²) in [6.45, 7) is 2.03.